The van der Waals surface area contributed by atoms with E-state index in [2.05, 4.69) is 38.0 Å². The van der Waals surface area contributed by atoms with Gasteiger partial charge in [0, 0.05) is 73.8 Å². The van der Waals surface area contributed by atoms with Crippen LogP contribution in [0.4, 0.5) is 55.1 Å². The van der Waals surface area contributed by atoms with Crippen molar-refractivity contribution >= 4 is 121 Å². The number of rotatable bonds is 32. The van der Waals surface area contributed by atoms with Crippen LogP contribution in [-0.2, 0) is 136 Å². The second-order valence-electron chi connectivity index (χ2n) is 35.1. The Hall–Kier alpha value is -11.7. The van der Waals surface area contributed by atoms with Gasteiger partial charge in [-0.05, 0) is 233 Å². The van der Waals surface area contributed by atoms with Crippen LogP contribution >= 0.6 is 0 Å². The lowest BCUT2D eigenvalue weighted by molar-refractivity contribution is -0.118. The maximum absolute atomic E-state index is 13.7. The number of pyridine rings is 1. The Labute approximate surface area is 764 Å². The molecule has 690 valence electrons. The highest BCUT2D eigenvalue weighted by Crippen LogP contribution is 2.41. The average molecular weight is 1850 g/mol. The topological polar surface area (TPSA) is 327 Å². The fourth-order valence-electron chi connectivity index (χ4n) is 16.4. The number of aromatic nitrogens is 1. The maximum Gasteiger partial charge on any atom is 0.508 e. The van der Waals surface area contributed by atoms with Crippen LogP contribution in [0.25, 0.3) is 0 Å². The lowest BCUT2D eigenvalue weighted by atomic mass is 10.1. The van der Waals surface area contributed by atoms with Gasteiger partial charge in [-0.3, -0.25) is 41.4 Å². The summed E-state index contributed by atoms with van der Waals surface area (Å²) in [5, 5.41) is 2.58. The standard InChI is InChI=1S/C26H29N3O3S.C24H29N3O5S.C24H28N2O6S.C24H30N2O4S/c1-4-20-5-7-23(8-6-20)29(17-19(2)3)33(31,32)24-9-10-25-22(15-24)16-26(30)28(25)18-21-11-13-27-14-12-21;1-4-17-5-7-19(8-6-17)27(14-16(2)3)33(30,31)21-9-10-22-18(11-21)12-23(28)26(22)15-20-13-25-24(29)32-20;1-4-17-5-7-19(8-6-17)26(13-16(2)3)33(29,30)21-9-10-22-18(11-21)12-23(27)25(22)14-20-15-31-24(28)32-20;1-4-18-5-7-21(8-6-18)26(13-17(2)3)31(28,29)22-9-10-23-20(11-22)12-24(27)25(23)14-19-15-30-16-19/h5-15,19H,4,16-18H2,1-3H3;5-11,16,20H,4,12-15H2,1-3H3,(H,25,29);5-11,16,20H,4,12-15H2,1-3H3;5-11,17,19H,4,12-16H2,1-3H3. The molecule has 2 atom stereocenters. The van der Waals surface area contributed by atoms with E-state index in [0.717, 1.165) is 70.4 Å². The smallest absolute Gasteiger partial charge is 0.442 e. The molecule has 7 aliphatic heterocycles. The number of aryl methyl sites for hydroxylation is 4. The fraction of sp³-hybridized carbons (Fsp3) is 0.398. The molecule has 28 nitrogen and oxygen atoms in total. The number of hydrogen-bond acceptors (Lipinski definition) is 19. The summed E-state index contributed by atoms with van der Waals surface area (Å²) in [6.45, 7) is 28.9. The minimum absolute atomic E-state index is 0.0191. The normalized spacial score (nSPS) is 16.4. The molecule has 1 aromatic heterocycles. The third-order valence-corrected chi connectivity index (χ3v) is 30.5. The third-order valence-electron chi connectivity index (χ3n) is 23.4. The Kier molecular flexibility index (Phi) is 30.4. The van der Waals surface area contributed by atoms with Crippen LogP contribution in [0.15, 0.2) is 214 Å². The van der Waals surface area contributed by atoms with Gasteiger partial charge in [-0.25, -0.2) is 43.3 Å². The number of ether oxygens (including phenoxy) is 4. The molecular weight excluding hydrogens is 1730 g/mol. The second-order valence-corrected chi connectivity index (χ2v) is 42.6. The van der Waals surface area contributed by atoms with Gasteiger partial charge in [-0.2, -0.15) is 0 Å². The highest BCUT2D eigenvalue weighted by Gasteiger charge is 2.41. The van der Waals surface area contributed by atoms with Crippen LogP contribution in [0.5, 0.6) is 0 Å². The van der Waals surface area contributed by atoms with Crippen molar-refractivity contribution in [3.05, 3.63) is 244 Å². The first kappa shape index (κ1) is 95.9. The van der Waals surface area contributed by atoms with Gasteiger partial charge >= 0.3 is 12.2 Å². The first-order chi connectivity index (χ1) is 61.9. The largest absolute Gasteiger partial charge is 0.508 e. The van der Waals surface area contributed by atoms with Gasteiger partial charge < -0.3 is 43.9 Å². The molecule has 5 amide bonds. The van der Waals surface area contributed by atoms with Crippen LogP contribution in [0.1, 0.15) is 133 Å². The minimum Gasteiger partial charge on any atom is -0.442 e. The van der Waals surface area contributed by atoms with Crippen LogP contribution in [0.3, 0.4) is 0 Å². The second kappa shape index (κ2) is 41.2. The van der Waals surface area contributed by atoms with Crippen LogP contribution in [-0.4, -0.2) is 159 Å². The minimum atomic E-state index is -3.84. The van der Waals surface area contributed by atoms with E-state index in [1.54, 1.807) is 93.8 Å². The summed E-state index contributed by atoms with van der Waals surface area (Å²) in [4.78, 5) is 84.3. The van der Waals surface area contributed by atoms with Gasteiger partial charge in [0.2, 0.25) is 23.6 Å². The van der Waals surface area contributed by atoms with Gasteiger partial charge in [0.25, 0.3) is 40.1 Å². The first-order valence-corrected chi connectivity index (χ1v) is 50.2. The zero-order valence-corrected chi connectivity index (χ0v) is 78.9. The van der Waals surface area contributed by atoms with Crippen LogP contribution in [0, 0.1) is 29.6 Å². The van der Waals surface area contributed by atoms with E-state index >= 15 is 0 Å². The first-order valence-electron chi connectivity index (χ1n) is 44.4. The molecular formula is C98H116N10O18S4. The number of carbonyl (C=O) groups is 6. The van der Waals surface area contributed by atoms with Crippen LogP contribution in [0.2, 0.25) is 0 Å². The molecule has 0 radical (unpaired) electrons. The van der Waals surface area contributed by atoms with Gasteiger partial charge in [0.1, 0.15) is 12.7 Å². The fourth-order valence-corrected chi connectivity index (χ4v) is 23.1. The number of alkyl carbamates (subject to hydrolysis) is 1. The van der Waals surface area contributed by atoms with Crippen LogP contribution < -0.4 is 42.1 Å². The molecule has 1 N–H and O–H groups in total. The van der Waals surface area contributed by atoms with E-state index in [1.165, 1.54) is 33.8 Å². The van der Waals surface area contributed by atoms with Crippen molar-refractivity contribution in [2.24, 2.45) is 29.6 Å². The number of sulfonamides is 4. The Bertz CT molecular complexity index is 5920. The number of anilines is 8. The van der Waals surface area contributed by atoms with E-state index in [4.69, 9.17) is 18.9 Å². The lowest BCUT2D eigenvalue weighted by Gasteiger charge is -2.30. The number of hydrogen-bond donors (Lipinski definition) is 1. The molecule has 130 heavy (non-hydrogen) atoms. The number of benzene rings is 8. The summed E-state index contributed by atoms with van der Waals surface area (Å²) in [5.41, 5.74) is 13.8. The molecule has 9 aromatic rings. The molecule has 0 saturated carbocycles. The quantitative estimate of drug-likeness (QED) is 0.0383. The monoisotopic (exact) mass is 1850 g/mol. The zero-order valence-electron chi connectivity index (χ0n) is 75.7. The zero-order chi connectivity index (χ0) is 93.3. The Balaban J connectivity index is 0.000000148. The van der Waals surface area contributed by atoms with Crippen molar-refractivity contribution < 1.29 is 81.4 Å². The molecule has 8 aromatic carbocycles. The van der Waals surface area contributed by atoms with E-state index in [1.807, 2.05) is 165 Å². The molecule has 8 heterocycles. The Morgan fingerprint density at radius 3 is 0.931 bits per heavy atom. The van der Waals surface area contributed by atoms with Crippen molar-refractivity contribution in [1.29, 1.82) is 0 Å². The number of nitrogens with one attached hydrogen (secondary N) is 1. The SMILES string of the molecule is CCc1ccc(N(CC(C)C)S(=O)(=O)c2ccc3c(c2)CC(=O)N3CC2CNC(=O)O2)cc1.CCc1ccc(N(CC(C)C)S(=O)(=O)c2ccc3c(c2)CC(=O)N3CC2COC(=O)O2)cc1.CCc1ccc(N(CC(C)C)S(=O)(=O)c2ccc3c(c2)CC(=O)N3CC2COC2)cc1.CCc1ccc(N(CC(C)C)S(=O)(=O)c2ccc3c(c2)CC(=O)N3Cc2ccncc2)cc1. The number of carbonyl (C=O) groups excluding carboxylic acids is 6. The van der Waals surface area contributed by atoms with Crippen molar-refractivity contribution in [3.63, 3.8) is 0 Å². The highest BCUT2D eigenvalue weighted by molar-refractivity contribution is 7.93. The summed E-state index contributed by atoms with van der Waals surface area (Å²) >= 11 is 0. The summed E-state index contributed by atoms with van der Waals surface area (Å²) in [5.74, 6) is 0.582. The maximum atomic E-state index is 13.7. The summed E-state index contributed by atoms with van der Waals surface area (Å²) in [6, 6.07) is 53.9. The molecule has 2 unspecified atom stereocenters. The van der Waals surface area contributed by atoms with E-state index in [9.17, 15) is 62.4 Å². The van der Waals surface area contributed by atoms with E-state index in [0.29, 0.717) is 110 Å². The lowest BCUT2D eigenvalue weighted by Crippen LogP contribution is -2.40. The highest BCUT2D eigenvalue weighted by atomic mass is 32.2. The van der Waals surface area contributed by atoms with E-state index in [-0.39, 0.29) is 112 Å². The number of fused-ring (bicyclic) bond motifs is 4. The van der Waals surface area contributed by atoms with E-state index < -0.39 is 64.5 Å². The summed E-state index contributed by atoms with van der Waals surface area (Å²) in [6.07, 6.45) is 5.37. The molecule has 0 aliphatic carbocycles. The molecule has 7 aliphatic rings. The van der Waals surface area contributed by atoms with Gasteiger partial charge in [-0.1, -0.05) is 132 Å². The molecule has 3 fully saturated rings. The number of nitrogens with zero attached hydrogens (tertiary/aromatic N) is 9. The summed E-state index contributed by atoms with van der Waals surface area (Å²) < 4.78 is 135. The molecule has 16 rings (SSSR count). The van der Waals surface area contributed by atoms with Crippen molar-refractivity contribution in [3.8, 4) is 0 Å². The molecule has 3 saturated heterocycles. The summed E-state index contributed by atoms with van der Waals surface area (Å²) in [7, 11) is -15.2. The number of cyclic esters (lactones) is 3. The molecule has 0 spiro atoms. The third kappa shape index (κ3) is 22.1. The van der Waals surface area contributed by atoms with Gasteiger partial charge in [-0.15, -0.1) is 0 Å². The van der Waals surface area contributed by atoms with Crippen molar-refractivity contribution in [1.82, 2.24) is 10.3 Å². The number of amides is 5. The van der Waals surface area contributed by atoms with Gasteiger partial charge in [0.05, 0.1) is 107 Å². The predicted molar refractivity (Wildman–Crippen MR) is 503 cm³/mol. The molecule has 0 bridgehead atoms. The van der Waals surface area contributed by atoms with Crippen molar-refractivity contribution in [2.75, 3.05) is 109 Å². The van der Waals surface area contributed by atoms with Crippen molar-refractivity contribution in [2.45, 2.75) is 173 Å². The Morgan fingerprint density at radius 2 is 0.662 bits per heavy atom. The molecule has 32 heteroatoms. The Morgan fingerprint density at radius 1 is 0.362 bits per heavy atom. The average Bonchev–Trinajstić information content (AvgIpc) is 1.62. The predicted octanol–water partition coefficient (Wildman–Crippen LogP) is 14.8. The van der Waals surface area contributed by atoms with Gasteiger partial charge in [0.15, 0.2) is 6.10 Å².